The van der Waals surface area contributed by atoms with Crippen molar-refractivity contribution in [2.45, 2.75) is 39.0 Å². The quantitative estimate of drug-likeness (QED) is 0.673. The van der Waals surface area contributed by atoms with Crippen LogP contribution in [0.2, 0.25) is 0 Å². The number of amides is 2. The molecule has 1 N–H and O–H groups in total. The van der Waals surface area contributed by atoms with Crippen LogP contribution in [-0.2, 0) is 9.59 Å². The number of aryl methyl sites for hydroxylation is 2. The number of anilines is 2. The van der Waals surface area contributed by atoms with Crippen LogP contribution in [0.4, 0.5) is 11.4 Å². The summed E-state index contributed by atoms with van der Waals surface area (Å²) in [7, 11) is 0. The maximum absolute atomic E-state index is 12.9. The highest BCUT2D eigenvalue weighted by atomic mass is 16.5. The number of carbonyl (C=O) groups is 2. The molecule has 3 aromatic rings. The molecular formula is C24H24N4O3. The summed E-state index contributed by atoms with van der Waals surface area (Å²) in [5.41, 5.74) is 4.58. The van der Waals surface area contributed by atoms with E-state index in [0.717, 1.165) is 29.7 Å². The van der Waals surface area contributed by atoms with E-state index in [1.165, 1.54) is 5.56 Å². The van der Waals surface area contributed by atoms with Crippen LogP contribution < -0.4 is 10.2 Å². The first-order chi connectivity index (χ1) is 15.0. The third-order valence-corrected chi connectivity index (χ3v) is 6.05. The number of nitrogens with one attached hydrogen (secondary N) is 1. The Hall–Kier alpha value is -3.48. The van der Waals surface area contributed by atoms with Crippen LogP contribution in [0.3, 0.4) is 0 Å². The molecule has 1 aromatic heterocycles. The van der Waals surface area contributed by atoms with Gasteiger partial charge in [-0.15, -0.1) is 0 Å². The number of carbonyl (C=O) groups excluding carboxylic acids is 2. The van der Waals surface area contributed by atoms with E-state index in [1.54, 1.807) is 4.90 Å². The Morgan fingerprint density at radius 3 is 2.74 bits per heavy atom. The van der Waals surface area contributed by atoms with E-state index in [0.29, 0.717) is 29.9 Å². The molecule has 7 heteroatoms. The van der Waals surface area contributed by atoms with Crippen molar-refractivity contribution in [2.24, 2.45) is 5.92 Å². The third-order valence-electron chi connectivity index (χ3n) is 6.05. The van der Waals surface area contributed by atoms with E-state index in [2.05, 4.69) is 15.5 Å². The van der Waals surface area contributed by atoms with Gasteiger partial charge in [-0.1, -0.05) is 23.4 Å². The lowest BCUT2D eigenvalue weighted by molar-refractivity contribution is -0.122. The summed E-state index contributed by atoms with van der Waals surface area (Å²) in [6.45, 7) is 4.44. The molecular weight excluding hydrogens is 392 g/mol. The summed E-state index contributed by atoms with van der Waals surface area (Å²) in [5, 5.41) is 7.01. The lowest BCUT2D eigenvalue weighted by Gasteiger charge is -2.18. The smallest absolute Gasteiger partial charge is 0.230 e. The van der Waals surface area contributed by atoms with Gasteiger partial charge in [0.05, 0.1) is 5.92 Å². The highest BCUT2D eigenvalue weighted by Crippen LogP contribution is 2.39. The summed E-state index contributed by atoms with van der Waals surface area (Å²) in [4.78, 5) is 31.6. The van der Waals surface area contributed by atoms with Gasteiger partial charge < -0.3 is 14.7 Å². The molecule has 2 aliphatic rings. The minimum Gasteiger partial charge on any atom is -0.339 e. The second-order valence-corrected chi connectivity index (χ2v) is 8.47. The minimum absolute atomic E-state index is 0.0310. The maximum Gasteiger partial charge on any atom is 0.230 e. The van der Waals surface area contributed by atoms with Crippen LogP contribution in [0.5, 0.6) is 0 Å². The molecule has 0 unspecified atom stereocenters. The Balaban J connectivity index is 1.28. The van der Waals surface area contributed by atoms with Gasteiger partial charge in [0, 0.05) is 35.8 Å². The fourth-order valence-electron chi connectivity index (χ4n) is 3.86. The molecule has 1 saturated heterocycles. The first-order valence-electron chi connectivity index (χ1n) is 10.6. The Bertz CT molecular complexity index is 1170. The lowest BCUT2D eigenvalue weighted by atomic mass is 10.1. The summed E-state index contributed by atoms with van der Waals surface area (Å²) >= 11 is 0. The lowest BCUT2D eigenvalue weighted by Crippen LogP contribution is -2.28. The van der Waals surface area contributed by atoms with Crippen molar-refractivity contribution in [1.82, 2.24) is 10.1 Å². The normalized spacial score (nSPS) is 18.5. The van der Waals surface area contributed by atoms with Crippen LogP contribution in [0.15, 0.2) is 47.0 Å². The highest BCUT2D eigenvalue weighted by molar-refractivity contribution is 6.03. The van der Waals surface area contributed by atoms with Crippen LogP contribution in [0, 0.1) is 19.8 Å². The number of aromatic nitrogens is 2. The van der Waals surface area contributed by atoms with Crippen molar-refractivity contribution < 1.29 is 14.1 Å². The molecule has 158 valence electrons. The third kappa shape index (κ3) is 3.95. The second kappa shape index (κ2) is 7.65. The molecule has 1 aliphatic carbocycles. The first kappa shape index (κ1) is 19.5. The van der Waals surface area contributed by atoms with Crippen molar-refractivity contribution in [1.29, 1.82) is 0 Å². The monoisotopic (exact) mass is 416 g/mol. The molecule has 0 spiro atoms. The van der Waals surface area contributed by atoms with E-state index >= 15 is 0 Å². The molecule has 0 radical (unpaired) electrons. The predicted octanol–water partition coefficient (Wildman–Crippen LogP) is 4.22. The molecule has 1 saturated carbocycles. The number of nitrogens with zero attached hydrogens (tertiary/aromatic N) is 3. The summed E-state index contributed by atoms with van der Waals surface area (Å²) in [5.74, 6) is 1.00. The van der Waals surface area contributed by atoms with E-state index < -0.39 is 5.92 Å². The van der Waals surface area contributed by atoms with Crippen molar-refractivity contribution >= 4 is 23.2 Å². The van der Waals surface area contributed by atoms with Crippen molar-refractivity contribution in [3.05, 3.63) is 59.5 Å². The van der Waals surface area contributed by atoms with E-state index in [4.69, 9.17) is 4.52 Å². The van der Waals surface area contributed by atoms with Crippen LogP contribution in [0.25, 0.3) is 11.4 Å². The van der Waals surface area contributed by atoms with Gasteiger partial charge in [-0.25, -0.2) is 0 Å². The van der Waals surface area contributed by atoms with Gasteiger partial charge >= 0.3 is 0 Å². The number of hydrogen-bond donors (Lipinski definition) is 1. The van der Waals surface area contributed by atoms with Gasteiger partial charge in [0.15, 0.2) is 0 Å². The molecule has 2 aromatic carbocycles. The predicted molar refractivity (Wildman–Crippen MR) is 117 cm³/mol. The molecule has 5 rings (SSSR count). The summed E-state index contributed by atoms with van der Waals surface area (Å²) in [6.07, 6.45) is 2.39. The average Bonchev–Trinajstić information content (AvgIpc) is 3.35. The van der Waals surface area contributed by atoms with Gasteiger partial charge in [0.2, 0.25) is 23.5 Å². The second-order valence-electron chi connectivity index (χ2n) is 8.47. The number of rotatable bonds is 5. The Morgan fingerprint density at radius 1 is 1.13 bits per heavy atom. The van der Waals surface area contributed by atoms with Crippen molar-refractivity contribution in [2.75, 3.05) is 16.8 Å². The van der Waals surface area contributed by atoms with Crippen LogP contribution in [-0.4, -0.2) is 28.5 Å². The SMILES string of the molecule is Cc1ccc(N2C[C@H](C(=O)Nc3cccc(-c4noc(C5CC5)n4)c3)CC2=O)cc1C. The fraction of sp³-hybridized carbons (Fsp3) is 0.333. The zero-order valence-corrected chi connectivity index (χ0v) is 17.6. The van der Waals surface area contributed by atoms with E-state index in [9.17, 15) is 9.59 Å². The van der Waals surface area contributed by atoms with Gasteiger partial charge in [-0.3, -0.25) is 9.59 Å². The van der Waals surface area contributed by atoms with Crippen molar-refractivity contribution in [3.8, 4) is 11.4 Å². The van der Waals surface area contributed by atoms with Crippen LogP contribution in [0.1, 0.15) is 42.2 Å². The van der Waals surface area contributed by atoms with Gasteiger partial charge in [0.1, 0.15) is 0 Å². The molecule has 1 atom stereocenters. The molecule has 7 nitrogen and oxygen atoms in total. The van der Waals surface area contributed by atoms with Crippen molar-refractivity contribution in [3.63, 3.8) is 0 Å². The van der Waals surface area contributed by atoms with Crippen LogP contribution >= 0.6 is 0 Å². The summed E-state index contributed by atoms with van der Waals surface area (Å²) < 4.78 is 5.34. The maximum atomic E-state index is 12.9. The average molecular weight is 416 g/mol. The molecule has 2 amide bonds. The van der Waals surface area contributed by atoms with E-state index in [1.807, 2.05) is 56.3 Å². The van der Waals surface area contributed by atoms with E-state index in [-0.39, 0.29) is 18.2 Å². The molecule has 0 bridgehead atoms. The molecule has 1 aliphatic heterocycles. The summed E-state index contributed by atoms with van der Waals surface area (Å²) in [6, 6.07) is 13.3. The number of benzene rings is 2. The molecule has 2 fully saturated rings. The topological polar surface area (TPSA) is 88.3 Å². The fourth-order valence-corrected chi connectivity index (χ4v) is 3.86. The largest absolute Gasteiger partial charge is 0.339 e. The Kier molecular flexibility index (Phi) is 4.81. The van der Waals surface area contributed by atoms with Gasteiger partial charge in [-0.05, 0) is 62.1 Å². The number of hydrogen-bond acceptors (Lipinski definition) is 5. The van der Waals surface area contributed by atoms with Gasteiger partial charge in [-0.2, -0.15) is 4.98 Å². The zero-order valence-electron chi connectivity index (χ0n) is 17.6. The minimum atomic E-state index is -0.399. The Morgan fingerprint density at radius 2 is 1.97 bits per heavy atom. The molecule has 2 heterocycles. The highest BCUT2D eigenvalue weighted by Gasteiger charge is 2.35. The van der Waals surface area contributed by atoms with Gasteiger partial charge in [0.25, 0.3) is 0 Å². The first-order valence-corrected chi connectivity index (χ1v) is 10.6. The molecule has 31 heavy (non-hydrogen) atoms. The zero-order chi connectivity index (χ0) is 21.5. The Labute approximate surface area is 180 Å². The standard InChI is InChI=1S/C24H24N4O3/c1-14-6-9-20(10-15(14)2)28-13-18(12-21(28)29)23(30)25-19-5-3-4-17(11-19)22-26-24(31-27-22)16-7-8-16/h3-6,9-11,16,18H,7-8,12-13H2,1-2H3,(H,25,30)/t18-/m1/s1.